The third-order valence-corrected chi connectivity index (χ3v) is 3.02. The minimum atomic E-state index is -0.727. The average Bonchev–Trinajstić information content (AvgIpc) is 2.54. The molecule has 2 aromatic rings. The third-order valence-electron chi connectivity index (χ3n) is 3.02. The van der Waals surface area contributed by atoms with Crippen LogP contribution in [0.15, 0.2) is 48.5 Å². The summed E-state index contributed by atoms with van der Waals surface area (Å²) in [5.41, 5.74) is 0.753. The summed E-state index contributed by atoms with van der Waals surface area (Å²) in [6.07, 6.45) is -0.727. The van der Waals surface area contributed by atoms with E-state index in [0.717, 1.165) is 5.56 Å². The van der Waals surface area contributed by atoms with E-state index in [-0.39, 0.29) is 6.61 Å². The van der Waals surface area contributed by atoms with Gasteiger partial charge in [0.05, 0.1) is 13.7 Å². The van der Waals surface area contributed by atoms with Gasteiger partial charge in [-0.25, -0.2) is 0 Å². The van der Waals surface area contributed by atoms with Crippen LogP contribution in [0.1, 0.15) is 18.6 Å². The molecular weight excluding hydrogens is 268 g/mol. The minimum Gasteiger partial charge on any atom is -0.497 e. The van der Waals surface area contributed by atoms with Crippen LogP contribution in [0.2, 0.25) is 0 Å². The molecular formula is C17H20O4. The Morgan fingerprint density at radius 2 is 1.71 bits per heavy atom. The number of ether oxygens (including phenoxy) is 3. The fourth-order valence-corrected chi connectivity index (χ4v) is 1.96. The normalized spacial score (nSPS) is 11.8. The van der Waals surface area contributed by atoms with Gasteiger partial charge in [-0.3, -0.25) is 0 Å². The predicted molar refractivity (Wildman–Crippen MR) is 81.1 cm³/mol. The fourth-order valence-electron chi connectivity index (χ4n) is 1.96. The van der Waals surface area contributed by atoms with Crippen molar-refractivity contribution in [3.8, 4) is 17.2 Å². The van der Waals surface area contributed by atoms with Crippen molar-refractivity contribution in [2.45, 2.75) is 13.0 Å². The summed E-state index contributed by atoms with van der Waals surface area (Å²) < 4.78 is 16.3. The van der Waals surface area contributed by atoms with Crippen LogP contribution in [-0.2, 0) is 0 Å². The second-order valence-corrected chi connectivity index (χ2v) is 4.48. The Labute approximate surface area is 124 Å². The summed E-state index contributed by atoms with van der Waals surface area (Å²) in [5.74, 6) is 2.01. The summed E-state index contributed by atoms with van der Waals surface area (Å²) in [6.45, 7) is 2.64. The highest BCUT2D eigenvalue weighted by Gasteiger charge is 2.11. The van der Waals surface area contributed by atoms with Crippen molar-refractivity contribution in [2.24, 2.45) is 0 Å². The molecule has 0 aromatic heterocycles. The van der Waals surface area contributed by atoms with Crippen molar-refractivity contribution in [1.82, 2.24) is 0 Å². The van der Waals surface area contributed by atoms with E-state index in [0.29, 0.717) is 23.9 Å². The number of para-hydroxylation sites is 2. The third kappa shape index (κ3) is 4.13. The Kier molecular flexibility index (Phi) is 5.46. The van der Waals surface area contributed by atoms with E-state index in [2.05, 4.69) is 0 Å². The van der Waals surface area contributed by atoms with Gasteiger partial charge >= 0.3 is 0 Å². The highest BCUT2D eigenvalue weighted by atomic mass is 16.5. The molecule has 112 valence electrons. The monoisotopic (exact) mass is 288 g/mol. The molecule has 2 aromatic carbocycles. The van der Waals surface area contributed by atoms with Crippen LogP contribution in [0, 0.1) is 0 Å². The second-order valence-electron chi connectivity index (χ2n) is 4.48. The number of aliphatic hydroxyl groups excluding tert-OH is 1. The van der Waals surface area contributed by atoms with Gasteiger partial charge in [-0.15, -0.1) is 0 Å². The van der Waals surface area contributed by atoms with Crippen LogP contribution in [0.25, 0.3) is 0 Å². The Morgan fingerprint density at radius 1 is 1.00 bits per heavy atom. The molecule has 4 heteroatoms. The minimum absolute atomic E-state index is 0.150. The molecule has 0 saturated heterocycles. The van der Waals surface area contributed by atoms with Gasteiger partial charge < -0.3 is 19.3 Å². The van der Waals surface area contributed by atoms with E-state index < -0.39 is 6.10 Å². The lowest BCUT2D eigenvalue weighted by atomic mass is 10.1. The zero-order valence-corrected chi connectivity index (χ0v) is 12.3. The summed E-state index contributed by atoms with van der Waals surface area (Å²) in [4.78, 5) is 0. The van der Waals surface area contributed by atoms with Gasteiger partial charge in [-0.2, -0.15) is 0 Å². The number of hydrogen-bond donors (Lipinski definition) is 1. The molecule has 0 amide bonds. The molecule has 0 radical (unpaired) electrons. The van der Waals surface area contributed by atoms with Gasteiger partial charge in [0.1, 0.15) is 18.5 Å². The number of rotatable bonds is 7. The molecule has 0 heterocycles. The average molecular weight is 288 g/mol. The first-order valence-corrected chi connectivity index (χ1v) is 6.91. The van der Waals surface area contributed by atoms with Crippen molar-refractivity contribution in [3.63, 3.8) is 0 Å². The van der Waals surface area contributed by atoms with Gasteiger partial charge in [0.25, 0.3) is 0 Å². The molecule has 0 aliphatic rings. The molecule has 0 fully saturated rings. The van der Waals surface area contributed by atoms with Crippen LogP contribution in [-0.4, -0.2) is 25.4 Å². The lowest BCUT2D eigenvalue weighted by molar-refractivity contribution is 0.105. The molecule has 1 atom stereocenters. The van der Waals surface area contributed by atoms with E-state index >= 15 is 0 Å². The molecule has 1 unspecified atom stereocenters. The van der Waals surface area contributed by atoms with Crippen LogP contribution < -0.4 is 14.2 Å². The first-order valence-electron chi connectivity index (χ1n) is 6.91. The van der Waals surface area contributed by atoms with E-state index in [9.17, 15) is 5.11 Å². The fraction of sp³-hybridized carbons (Fsp3) is 0.294. The van der Waals surface area contributed by atoms with Crippen LogP contribution in [0.4, 0.5) is 0 Å². The number of aliphatic hydroxyl groups is 1. The van der Waals surface area contributed by atoms with Crippen LogP contribution in [0.5, 0.6) is 17.2 Å². The lowest BCUT2D eigenvalue weighted by Crippen LogP contribution is -2.10. The maximum atomic E-state index is 10.2. The zero-order chi connectivity index (χ0) is 15.1. The zero-order valence-electron chi connectivity index (χ0n) is 12.3. The molecule has 4 nitrogen and oxygen atoms in total. The van der Waals surface area contributed by atoms with Gasteiger partial charge in [-0.05, 0) is 36.8 Å². The quantitative estimate of drug-likeness (QED) is 0.850. The Balaban J connectivity index is 2.02. The largest absolute Gasteiger partial charge is 0.497 e. The molecule has 1 N–H and O–H groups in total. The lowest BCUT2D eigenvalue weighted by Gasteiger charge is -2.15. The van der Waals surface area contributed by atoms with Crippen molar-refractivity contribution in [1.29, 1.82) is 0 Å². The standard InChI is InChI=1S/C17H20O4/c1-3-20-16-9-4-5-10-17(16)21-12-15(18)13-7-6-8-14(11-13)19-2/h4-11,15,18H,3,12H2,1-2H3. The smallest absolute Gasteiger partial charge is 0.161 e. The Morgan fingerprint density at radius 3 is 2.38 bits per heavy atom. The maximum Gasteiger partial charge on any atom is 0.161 e. The molecule has 0 bridgehead atoms. The second kappa shape index (κ2) is 7.55. The summed E-state index contributed by atoms with van der Waals surface area (Å²) in [6, 6.07) is 14.7. The van der Waals surface area contributed by atoms with Crippen LogP contribution in [0.3, 0.4) is 0 Å². The summed E-state index contributed by atoms with van der Waals surface area (Å²) in [5, 5.41) is 10.2. The van der Waals surface area contributed by atoms with E-state index in [1.807, 2.05) is 49.4 Å². The first-order chi connectivity index (χ1) is 10.2. The molecule has 0 aliphatic heterocycles. The van der Waals surface area contributed by atoms with E-state index in [4.69, 9.17) is 14.2 Å². The van der Waals surface area contributed by atoms with Crippen molar-refractivity contribution < 1.29 is 19.3 Å². The first kappa shape index (κ1) is 15.2. The Hall–Kier alpha value is -2.20. The van der Waals surface area contributed by atoms with Crippen LogP contribution >= 0.6 is 0 Å². The predicted octanol–water partition coefficient (Wildman–Crippen LogP) is 3.21. The number of benzene rings is 2. The molecule has 0 aliphatic carbocycles. The van der Waals surface area contributed by atoms with Crippen molar-refractivity contribution in [2.75, 3.05) is 20.3 Å². The topological polar surface area (TPSA) is 47.9 Å². The highest BCUT2D eigenvalue weighted by molar-refractivity contribution is 5.39. The summed E-state index contributed by atoms with van der Waals surface area (Å²) >= 11 is 0. The molecule has 2 rings (SSSR count). The number of methoxy groups -OCH3 is 1. The van der Waals surface area contributed by atoms with Gasteiger partial charge in [0.15, 0.2) is 11.5 Å². The summed E-state index contributed by atoms with van der Waals surface area (Å²) in [7, 11) is 1.60. The number of hydrogen-bond acceptors (Lipinski definition) is 4. The molecule has 21 heavy (non-hydrogen) atoms. The highest BCUT2D eigenvalue weighted by Crippen LogP contribution is 2.28. The SMILES string of the molecule is CCOc1ccccc1OCC(O)c1cccc(OC)c1. The molecule has 0 saturated carbocycles. The molecule has 0 spiro atoms. The van der Waals surface area contributed by atoms with E-state index in [1.165, 1.54) is 0 Å². The van der Waals surface area contributed by atoms with E-state index in [1.54, 1.807) is 13.2 Å². The Bertz CT molecular complexity index is 568. The van der Waals surface area contributed by atoms with Gasteiger partial charge in [0.2, 0.25) is 0 Å². The van der Waals surface area contributed by atoms with Gasteiger partial charge in [0, 0.05) is 0 Å². The van der Waals surface area contributed by atoms with Crippen molar-refractivity contribution in [3.05, 3.63) is 54.1 Å². The van der Waals surface area contributed by atoms with Gasteiger partial charge in [-0.1, -0.05) is 24.3 Å². The van der Waals surface area contributed by atoms with Crippen molar-refractivity contribution >= 4 is 0 Å². The maximum absolute atomic E-state index is 10.2.